The molecule has 0 bridgehead atoms. The average Bonchev–Trinajstić information content (AvgIpc) is 3.40. The molecule has 1 heterocycles. The molecule has 1 spiro atoms. The Hall–Kier alpha value is -1.69. The molecule has 5 aliphatic rings. The van der Waals surface area contributed by atoms with Gasteiger partial charge in [0.05, 0.1) is 18.8 Å². The van der Waals surface area contributed by atoms with Crippen LogP contribution in [0.5, 0.6) is 0 Å². The zero-order valence-corrected chi connectivity index (χ0v) is 22.7. The fourth-order valence-corrected chi connectivity index (χ4v) is 9.14. The second kappa shape index (κ2) is 8.15. The number of carbonyl (C=O) groups is 1. The van der Waals surface area contributed by atoms with E-state index in [9.17, 15) is 9.90 Å². The molecule has 196 valence electrons. The molecule has 0 amide bonds. The van der Waals surface area contributed by atoms with E-state index in [2.05, 4.69) is 57.1 Å². The van der Waals surface area contributed by atoms with Gasteiger partial charge in [0.25, 0.3) is 0 Å². The lowest BCUT2D eigenvalue weighted by Crippen LogP contribution is -2.54. The molecule has 5 nitrogen and oxygen atoms in total. The molecule has 1 aliphatic heterocycles. The first-order valence-corrected chi connectivity index (χ1v) is 14.0. The van der Waals surface area contributed by atoms with Crippen molar-refractivity contribution in [2.24, 2.45) is 22.7 Å². The third kappa shape index (κ3) is 3.34. The van der Waals surface area contributed by atoms with Crippen LogP contribution in [0, 0.1) is 22.7 Å². The maximum absolute atomic E-state index is 13.1. The van der Waals surface area contributed by atoms with E-state index in [1.165, 1.54) is 22.4 Å². The summed E-state index contributed by atoms with van der Waals surface area (Å²) in [6.07, 6.45) is 7.00. The largest absolute Gasteiger partial charge is 0.385 e. The highest BCUT2D eigenvalue weighted by Gasteiger charge is 2.64. The van der Waals surface area contributed by atoms with Crippen molar-refractivity contribution in [1.82, 2.24) is 0 Å². The number of benzene rings is 1. The van der Waals surface area contributed by atoms with E-state index in [1.54, 1.807) is 0 Å². The normalized spacial score (nSPS) is 41.1. The predicted octanol–water partition coefficient (Wildman–Crippen LogP) is 5.62. The van der Waals surface area contributed by atoms with Gasteiger partial charge in [-0.2, -0.15) is 0 Å². The molecule has 4 aliphatic carbocycles. The number of carbonyl (C=O) groups excluding carboxylic acids is 1. The third-order valence-electron chi connectivity index (χ3n) is 11.4. The van der Waals surface area contributed by atoms with Crippen molar-refractivity contribution in [3.8, 4) is 0 Å². The Labute approximate surface area is 216 Å². The molecule has 6 rings (SSSR count). The van der Waals surface area contributed by atoms with Crippen molar-refractivity contribution in [3.05, 3.63) is 41.0 Å². The van der Waals surface area contributed by atoms with Gasteiger partial charge >= 0.3 is 0 Å². The van der Waals surface area contributed by atoms with Gasteiger partial charge in [-0.3, -0.25) is 4.79 Å². The van der Waals surface area contributed by atoms with Crippen LogP contribution in [-0.2, 0) is 14.3 Å². The van der Waals surface area contributed by atoms with Gasteiger partial charge in [-0.25, -0.2) is 0 Å². The van der Waals surface area contributed by atoms with Gasteiger partial charge in [-0.15, -0.1) is 0 Å². The lowest BCUT2D eigenvalue weighted by Gasteiger charge is -2.58. The van der Waals surface area contributed by atoms with E-state index < -0.39 is 11.4 Å². The van der Waals surface area contributed by atoms with Crippen molar-refractivity contribution >= 4 is 11.5 Å². The number of ether oxygens (including phenoxy) is 2. The number of hydrogen-bond acceptors (Lipinski definition) is 5. The van der Waals surface area contributed by atoms with Crippen LogP contribution in [-0.4, -0.2) is 49.6 Å². The van der Waals surface area contributed by atoms with Gasteiger partial charge in [0.15, 0.2) is 5.79 Å². The van der Waals surface area contributed by atoms with Gasteiger partial charge < -0.3 is 19.5 Å². The number of fused-ring (bicyclic) bond motifs is 4. The van der Waals surface area contributed by atoms with Crippen LogP contribution in [0.25, 0.3) is 0 Å². The van der Waals surface area contributed by atoms with Crippen LogP contribution in [0.2, 0.25) is 0 Å². The van der Waals surface area contributed by atoms with Crippen LogP contribution >= 0.6 is 0 Å². The minimum absolute atomic E-state index is 0.0402. The number of hydrogen-bond donors (Lipinski definition) is 1. The summed E-state index contributed by atoms with van der Waals surface area (Å²) in [5, 5.41) is 12.2. The fraction of sp³-hybridized carbons (Fsp3) is 0.710. The number of allylic oxidation sites excluding steroid dienone is 1. The lowest BCUT2D eigenvalue weighted by atomic mass is 9.47. The highest BCUT2D eigenvalue weighted by Crippen LogP contribution is 2.70. The van der Waals surface area contributed by atoms with Crippen LogP contribution in [0.1, 0.15) is 83.6 Å². The summed E-state index contributed by atoms with van der Waals surface area (Å²) in [5.41, 5.74) is 4.09. The number of rotatable bonds is 3. The number of anilines is 1. The fourth-order valence-electron chi connectivity index (χ4n) is 9.14. The third-order valence-corrected chi connectivity index (χ3v) is 11.4. The van der Waals surface area contributed by atoms with Crippen LogP contribution in [0.15, 0.2) is 35.4 Å². The van der Waals surface area contributed by atoms with E-state index in [0.29, 0.717) is 37.3 Å². The quantitative estimate of drug-likeness (QED) is 0.554. The molecule has 3 saturated carbocycles. The van der Waals surface area contributed by atoms with E-state index in [0.717, 1.165) is 44.9 Å². The summed E-state index contributed by atoms with van der Waals surface area (Å²) in [7, 11) is 4.15. The van der Waals surface area contributed by atoms with E-state index in [4.69, 9.17) is 9.47 Å². The maximum Gasteiger partial charge on any atom is 0.171 e. The minimum atomic E-state index is -0.855. The smallest absolute Gasteiger partial charge is 0.171 e. The first-order chi connectivity index (χ1) is 17.0. The minimum Gasteiger partial charge on any atom is -0.385 e. The van der Waals surface area contributed by atoms with Gasteiger partial charge in [0.1, 0.15) is 5.78 Å². The van der Waals surface area contributed by atoms with Gasteiger partial charge in [0.2, 0.25) is 0 Å². The zero-order valence-electron chi connectivity index (χ0n) is 22.7. The zero-order chi connectivity index (χ0) is 25.5. The molecule has 1 aromatic rings. The summed E-state index contributed by atoms with van der Waals surface area (Å²) >= 11 is 0. The number of ketones is 1. The SMILES string of the molecule is CC(=O)[C@@]1(C)CCC2C3CC[C@@]4(O)CC5(CCC4=C3[C@@H](c3ccc(N(C)C)cc3)C[C@@]21C)OCCO5. The predicted molar refractivity (Wildman–Crippen MR) is 141 cm³/mol. The highest BCUT2D eigenvalue weighted by atomic mass is 16.7. The van der Waals surface area contributed by atoms with Crippen LogP contribution in [0.4, 0.5) is 5.69 Å². The molecule has 1 aromatic carbocycles. The monoisotopic (exact) mass is 493 g/mol. The summed E-state index contributed by atoms with van der Waals surface area (Å²) in [6.45, 7) is 7.69. The van der Waals surface area contributed by atoms with Crippen molar-refractivity contribution in [1.29, 1.82) is 0 Å². The van der Waals surface area contributed by atoms with E-state index >= 15 is 0 Å². The highest BCUT2D eigenvalue weighted by molar-refractivity contribution is 5.83. The standard InChI is InChI=1S/C31H43NO4/c1-20(33)28(2)13-11-25-23-10-14-30(34)19-31(35-16-17-36-31)15-12-26(30)27(23)24(18-29(25,28)3)21-6-8-22(9-7-21)32(4)5/h6-9,23-25,34H,10-19H2,1-5H3/t23?,24-,25?,28-,29+,30-/m1/s1. The first-order valence-electron chi connectivity index (χ1n) is 14.0. The lowest BCUT2D eigenvalue weighted by molar-refractivity contribution is -0.208. The number of Topliss-reactive ketones (excluding diaryl/α,β-unsaturated/α-hetero) is 1. The Balaban J connectivity index is 1.48. The van der Waals surface area contributed by atoms with Crippen molar-refractivity contribution in [3.63, 3.8) is 0 Å². The molecule has 6 atom stereocenters. The van der Waals surface area contributed by atoms with Gasteiger partial charge in [-0.1, -0.05) is 31.6 Å². The van der Waals surface area contributed by atoms with E-state index in [-0.39, 0.29) is 16.7 Å². The summed E-state index contributed by atoms with van der Waals surface area (Å²) in [4.78, 5) is 15.2. The second-order valence-electron chi connectivity index (χ2n) is 13.1. The van der Waals surface area contributed by atoms with Crippen molar-refractivity contribution < 1.29 is 19.4 Å². The molecular weight excluding hydrogens is 450 g/mol. The Morgan fingerprint density at radius 3 is 2.36 bits per heavy atom. The van der Waals surface area contributed by atoms with Crippen LogP contribution in [0.3, 0.4) is 0 Å². The molecule has 2 unspecified atom stereocenters. The number of aliphatic hydroxyl groups is 1. The molecule has 4 fully saturated rings. The first kappa shape index (κ1) is 24.6. The molecule has 36 heavy (non-hydrogen) atoms. The summed E-state index contributed by atoms with van der Waals surface area (Å²) in [6, 6.07) is 9.01. The van der Waals surface area contributed by atoms with Gasteiger partial charge in [-0.05, 0) is 86.0 Å². The number of nitrogens with zero attached hydrogens (tertiary/aromatic N) is 1. The summed E-state index contributed by atoms with van der Waals surface area (Å²) < 4.78 is 12.1. The molecule has 0 radical (unpaired) electrons. The molecular formula is C31H43NO4. The molecule has 1 saturated heterocycles. The van der Waals surface area contributed by atoms with Crippen molar-refractivity contribution in [2.45, 2.75) is 89.4 Å². The average molecular weight is 494 g/mol. The maximum atomic E-state index is 13.1. The Kier molecular flexibility index (Phi) is 5.58. The Morgan fingerprint density at radius 1 is 1.03 bits per heavy atom. The topological polar surface area (TPSA) is 59.0 Å². The van der Waals surface area contributed by atoms with Gasteiger partial charge in [0, 0.05) is 44.0 Å². The summed E-state index contributed by atoms with van der Waals surface area (Å²) in [5.74, 6) is 0.875. The Bertz CT molecular complexity index is 1090. The molecule has 1 N–H and O–H groups in total. The van der Waals surface area contributed by atoms with Crippen LogP contribution < -0.4 is 4.90 Å². The Morgan fingerprint density at radius 2 is 1.72 bits per heavy atom. The van der Waals surface area contributed by atoms with Crippen molar-refractivity contribution in [2.75, 3.05) is 32.2 Å². The molecule has 5 heteroatoms. The molecule has 0 aromatic heterocycles. The second-order valence-corrected chi connectivity index (χ2v) is 13.1. The van der Waals surface area contributed by atoms with E-state index in [1.807, 2.05) is 6.92 Å².